The molecule has 1 aromatic rings. The Morgan fingerprint density at radius 1 is 1.33 bits per heavy atom. The van der Waals surface area contributed by atoms with E-state index in [1.807, 2.05) is 13.0 Å². The topological polar surface area (TPSA) is 70.8 Å². The highest BCUT2D eigenvalue weighted by Gasteiger charge is 2.31. The lowest BCUT2D eigenvalue weighted by Gasteiger charge is -2.22. The second-order valence-corrected chi connectivity index (χ2v) is 7.04. The smallest absolute Gasteiger partial charge is 0.234 e. The quantitative estimate of drug-likeness (QED) is 0.834. The van der Waals surface area contributed by atoms with Crippen LogP contribution in [0.3, 0.4) is 0 Å². The first-order valence-electron chi connectivity index (χ1n) is 8.80. The van der Waals surface area contributed by atoms with E-state index in [0.29, 0.717) is 19.8 Å². The highest BCUT2D eigenvalue weighted by molar-refractivity contribution is 5.78. The first-order chi connectivity index (χ1) is 11.6. The van der Waals surface area contributed by atoms with Crippen molar-refractivity contribution in [3.8, 4) is 0 Å². The van der Waals surface area contributed by atoms with E-state index in [1.165, 1.54) is 0 Å². The summed E-state index contributed by atoms with van der Waals surface area (Å²) in [5.41, 5.74) is 0.885. The minimum absolute atomic E-state index is 0.0533. The summed E-state index contributed by atoms with van der Waals surface area (Å²) < 4.78 is 10.9. The lowest BCUT2D eigenvalue weighted by molar-refractivity contribution is -0.123. The molecule has 2 aliphatic heterocycles. The zero-order valence-electron chi connectivity index (χ0n) is 14.7. The van der Waals surface area contributed by atoms with Gasteiger partial charge in [0, 0.05) is 31.5 Å². The number of hydrogen-bond acceptors (Lipinski definition) is 6. The molecule has 0 aliphatic carbocycles. The van der Waals surface area contributed by atoms with E-state index >= 15 is 0 Å². The average Bonchev–Trinajstić information content (AvgIpc) is 3.08. The van der Waals surface area contributed by atoms with Gasteiger partial charge in [0.2, 0.25) is 5.91 Å². The van der Waals surface area contributed by atoms with Gasteiger partial charge in [-0.3, -0.25) is 9.69 Å². The molecule has 0 radical (unpaired) electrons. The largest absolute Gasteiger partial charge is 0.379 e. The zero-order chi connectivity index (χ0) is 16.9. The Morgan fingerprint density at radius 2 is 2.21 bits per heavy atom. The number of likely N-dealkylation sites (N-methyl/N-ethyl adjacent to an activating group) is 1. The Morgan fingerprint density at radius 3 is 3.00 bits per heavy atom. The number of carbonyl (C=O) groups excluding carboxylic acids is 1. The van der Waals surface area contributed by atoms with Crippen molar-refractivity contribution in [1.82, 2.24) is 20.3 Å². The number of nitrogens with zero attached hydrogens (tertiary/aromatic N) is 3. The molecule has 7 nitrogen and oxygen atoms in total. The van der Waals surface area contributed by atoms with E-state index in [4.69, 9.17) is 9.26 Å². The van der Waals surface area contributed by atoms with Gasteiger partial charge in [0.15, 0.2) is 0 Å². The van der Waals surface area contributed by atoms with E-state index in [1.54, 1.807) is 0 Å². The van der Waals surface area contributed by atoms with Crippen LogP contribution in [0.5, 0.6) is 0 Å². The number of ether oxygens (including phenoxy) is 1. The maximum Gasteiger partial charge on any atom is 0.234 e. The van der Waals surface area contributed by atoms with Gasteiger partial charge >= 0.3 is 0 Å². The van der Waals surface area contributed by atoms with Crippen LogP contribution in [0.15, 0.2) is 10.6 Å². The van der Waals surface area contributed by atoms with Crippen molar-refractivity contribution in [3.05, 3.63) is 17.5 Å². The highest BCUT2D eigenvalue weighted by Crippen LogP contribution is 2.19. The van der Waals surface area contributed by atoms with Crippen LogP contribution in [-0.4, -0.2) is 79.9 Å². The van der Waals surface area contributed by atoms with Crippen molar-refractivity contribution in [2.45, 2.75) is 25.8 Å². The number of amides is 1. The molecular formula is C17H28N4O3. The molecule has 1 aromatic heterocycles. The lowest BCUT2D eigenvalue weighted by atomic mass is 9.98. The Kier molecular flexibility index (Phi) is 5.86. The SMILES string of the molecule is Cc1cc(C[C@@H]2COC[C@@H]2NC(=O)CN2CCCN(C)CC2)on1. The zero-order valence-corrected chi connectivity index (χ0v) is 14.7. The average molecular weight is 336 g/mol. The number of rotatable bonds is 5. The van der Waals surface area contributed by atoms with Crippen LogP contribution in [0.4, 0.5) is 0 Å². The number of aryl methyl sites for hydroxylation is 1. The standard InChI is InChI=1S/C17H28N4O3/c1-13-8-15(24-19-13)9-14-11-23-12-16(14)18-17(22)10-21-5-3-4-20(2)6-7-21/h8,14,16H,3-7,9-12H2,1-2H3,(H,18,22)/t14-,16+/m1/s1. The van der Waals surface area contributed by atoms with Crippen molar-refractivity contribution >= 4 is 5.91 Å². The molecule has 1 amide bonds. The fraction of sp³-hybridized carbons (Fsp3) is 0.765. The Hall–Kier alpha value is -1.44. The molecule has 0 saturated carbocycles. The van der Waals surface area contributed by atoms with Crippen molar-refractivity contribution in [2.24, 2.45) is 5.92 Å². The minimum atomic E-state index is 0.0533. The van der Waals surface area contributed by atoms with Crippen molar-refractivity contribution < 1.29 is 14.1 Å². The van der Waals surface area contributed by atoms with Gasteiger partial charge in [-0.05, 0) is 33.5 Å². The third-order valence-corrected chi connectivity index (χ3v) is 4.86. The van der Waals surface area contributed by atoms with Gasteiger partial charge in [-0.1, -0.05) is 5.16 Å². The molecule has 3 heterocycles. The van der Waals surface area contributed by atoms with Crippen LogP contribution in [0, 0.1) is 12.8 Å². The number of nitrogens with one attached hydrogen (secondary N) is 1. The Bertz CT molecular complexity index is 548. The summed E-state index contributed by atoms with van der Waals surface area (Å²) in [6, 6.07) is 2.00. The molecule has 0 spiro atoms. The lowest BCUT2D eigenvalue weighted by Crippen LogP contribution is -2.46. The van der Waals surface area contributed by atoms with E-state index in [2.05, 4.69) is 27.3 Å². The van der Waals surface area contributed by atoms with Gasteiger partial charge in [0.05, 0.1) is 31.5 Å². The van der Waals surface area contributed by atoms with Gasteiger partial charge in [0.1, 0.15) is 5.76 Å². The first-order valence-corrected chi connectivity index (χ1v) is 8.80. The second-order valence-electron chi connectivity index (χ2n) is 7.04. The first kappa shape index (κ1) is 17.4. The monoisotopic (exact) mass is 336 g/mol. The fourth-order valence-electron chi connectivity index (χ4n) is 3.44. The molecule has 134 valence electrons. The Labute approximate surface area is 143 Å². The summed E-state index contributed by atoms with van der Waals surface area (Å²) in [5, 5.41) is 7.08. The van der Waals surface area contributed by atoms with E-state index < -0.39 is 0 Å². The maximum atomic E-state index is 12.4. The highest BCUT2D eigenvalue weighted by atomic mass is 16.5. The molecule has 0 bridgehead atoms. The molecular weight excluding hydrogens is 308 g/mol. The van der Waals surface area contributed by atoms with Crippen LogP contribution < -0.4 is 5.32 Å². The molecule has 0 aromatic carbocycles. The van der Waals surface area contributed by atoms with Crippen molar-refractivity contribution in [2.75, 3.05) is 53.0 Å². The molecule has 2 saturated heterocycles. The van der Waals surface area contributed by atoms with Gasteiger partial charge in [0.25, 0.3) is 0 Å². The van der Waals surface area contributed by atoms with Crippen molar-refractivity contribution in [3.63, 3.8) is 0 Å². The molecule has 0 unspecified atom stereocenters. The normalized spacial score (nSPS) is 26.4. The van der Waals surface area contributed by atoms with Crippen LogP contribution in [0.25, 0.3) is 0 Å². The Balaban J connectivity index is 1.47. The predicted molar refractivity (Wildman–Crippen MR) is 89.7 cm³/mol. The molecule has 2 fully saturated rings. The van der Waals surface area contributed by atoms with Crippen LogP contribution in [0.2, 0.25) is 0 Å². The molecule has 24 heavy (non-hydrogen) atoms. The number of aromatic nitrogens is 1. The maximum absolute atomic E-state index is 12.4. The van der Waals surface area contributed by atoms with Gasteiger partial charge in [-0.2, -0.15) is 0 Å². The molecule has 1 N–H and O–H groups in total. The molecule has 2 atom stereocenters. The predicted octanol–water partition coefficient (Wildman–Crippen LogP) is 0.294. The van der Waals surface area contributed by atoms with E-state index in [-0.39, 0.29) is 17.9 Å². The van der Waals surface area contributed by atoms with Gasteiger partial charge in [-0.15, -0.1) is 0 Å². The fourth-order valence-corrected chi connectivity index (χ4v) is 3.44. The molecule has 3 rings (SSSR count). The summed E-state index contributed by atoms with van der Waals surface area (Å²) in [5.74, 6) is 1.20. The second kappa shape index (κ2) is 8.09. The van der Waals surface area contributed by atoms with Crippen LogP contribution in [0.1, 0.15) is 17.9 Å². The minimum Gasteiger partial charge on any atom is -0.379 e. The summed E-state index contributed by atoms with van der Waals surface area (Å²) in [7, 11) is 2.13. The summed E-state index contributed by atoms with van der Waals surface area (Å²) in [4.78, 5) is 17.0. The van der Waals surface area contributed by atoms with E-state index in [9.17, 15) is 4.79 Å². The molecule has 2 aliphatic rings. The van der Waals surface area contributed by atoms with Gasteiger partial charge < -0.3 is 19.5 Å². The van der Waals surface area contributed by atoms with Crippen LogP contribution >= 0.6 is 0 Å². The van der Waals surface area contributed by atoms with Crippen molar-refractivity contribution in [1.29, 1.82) is 0 Å². The summed E-state index contributed by atoms with van der Waals surface area (Å²) in [6.45, 7) is 7.67. The van der Waals surface area contributed by atoms with E-state index in [0.717, 1.165) is 50.5 Å². The third-order valence-electron chi connectivity index (χ3n) is 4.86. The number of carbonyl (C=O) groups is 1. The molecule has 7 heteroatoms. The summed E-state index contributed by atoms with van der Waals surface area (Å²) >= 11 is 0. The number of hydrogen-bond donors (Lipinski definition) is 1. The third kappa shape index (κ3) is 4.78. The summed E-state index contributed by atoms with van der Waals surface area (Å²) in [6.07, 6.45) is 1.87. The van der Waals surface area contributed by atoms with Crippen LogP contribution in [-0.2, 0) is 16.0 Å². The van der Waals surface area contributed by atoms with Gasteiger partial charge in [-0.25, -0.2) is 0 Å².